The van der Waals surface area contributed by atoms with Gasteiger partial charge in [-0.25, -0.2) is 4.79 Å². The highest BCUT2D eigenvalue weighted by Crippen LogP contribution is 2.52. The number of esters is 1. The largest absolute Gasteiger partial charge is 0.463 e. The minimum Gasteiger partial charge on any atom is -0.463 e. The number of ether oxygens (including phenoxy) is 2. The lowest BCUT2D eigenvalue weighted by Crippen LogP contribution is -2.27. The number of hydrogen-bond acceptors (Lipinski definition) is 3. The Hall–Kier alpha value is -1.61. The van der Waals surface area contributed by atoms with Crippen molar-refractivity contribution in [3.63, 3.8) is 0 Å². The summed E-state index contributed by atoms with van der Waals surface area (Å²) < 4.78 is 11.0. The van der Waals surface area contributed by atoms with E-state index in [1.807, 2.05) is 25.1 Å². The molecule has 0 aromatic heterocycles. The van der Waals surface area contributed by atoms with E-state index in [9.17, 15) is 4.79 Å². The van der Waals surface area contributed by atoms with Gasteiger partial charge in [-0.05, 0) is 54.9 Å². The van der Waals surface area contributed by atoms with Crippen LogP contribution < -0.4 is 0 Å². The van der Waals surface area contributed by atoms with Gasteiger partial charge in [0.15, 0.2) is 0 Å². The second-order valence-electron chi connectivity index (χ2n) is 8.03. The van der Waals surface area contributed by atoms with Gasteiger partial charge in [0, 0.05) is 12.7 Å². The van der Waals surface area contributed by atoms with E-state index in [1.54, 1.807) is 6.08 Å². The van der Waals surface area contributed by atoms with Crippen LogP contribution in [0.15, 0.2) is 42.5 Å². The van der Waals surface area contributed by atoms with Gasteiger partial charge in [0.1, 0.15) is 0 Å². The summed E-state index contributed by atoms with van der Waals surface area (Å²) in [7, 11) is 0. The normalized spacial score (nSPS) is 25.9. The first-order valence-electron chi connectivity index (χ1n) is 9.93. The fourth-order valence-electron chi connectivity index (χ4n) is 4.22. The first-order chi connectivity index (χ1) is 12.5. The topological polar surface area (TPSA) is 35.5 Å². The molecule has 1 aliphatic rings. The first-order valence-corrected chi connectivity index (χ1v) is 9.93. The predicted molar refractivity (Wildman–Crippen MR) is 106 cm³/mol. The molecule has 3 atom stereocenters. The van der Waals surface area contributed by atoms with Gasteiger partial charge in [-0.3, -0.25) is 0 Å². The van der Waals surface area contributed by atoms with Crippen molar-refractivity contribution in [2.45, 2.75) is 53.6 Å². The molecule has 1 aliphatic carbocycles. The Labute approximate surface area is 158 Å². The summed E-state index contributed by atoms with van der Waals surface area (Å²) in [5, 5.41) is 0. The van der Waals surface area contributed by atoms with Crippen LogP contribution in [0.25, 0.3) is 0 Å². The van der Waals surface area contributed by atoms with Crippen LogP contribution in [0.1, 0.15) is 52.5 Å². The summed E-state index contributed by atoms with van der Waals surface area (Å²) >= 11 is 0. The quantitative estimate of drug-likeness (QED) is 0.337. The molecule has 0 radical (unpaired) electrons. The molecule has 0 aliphatic heterocycles. The zero-order valence-electron chi connectivity index (χ0n) is 16.7. The van der Waals surface area contributed by atoms with Crippen LogP contribution in [0.3, 0.4) is 0 Å². The summed E-state index contributed by atoms with van der Waals surface area (Å²) in [5.74, 6) is 1.38. The number of benzene rings is 1. The van der Waals surface area contributed by atoms with E-state index in [1.165, 1.54) is 18.4 Å². The highest BCUT2D eigenvalue weighted by atomic mass is 16.5. The lowest BCUT2D eigenvalue weighted by molar-refractivity contribution is -0.137. The van der Waals surface area contributed by atoms with Crippen LogP contribution >= 0.6 is 0 Å². The SMILES string of the molecule is CCOC(=O)/C=C/[C@@H]1[C@H](C(C)C)CC[C@@]1(C)CCOCc1ccccc1. The molecule has 0 spiro atoms. The van der Waals surface area contributed by atoms with Crippen molar-refractivity contribution >= 4 is 5.97 Å². The van der Waals surface area contributed by atoms with Gasteiger partial charge in [0.25, 0.3) is 0 Å². The third-order valence-electron chi connectivity index (χ3n) is 5.83. The van der Waals surface area contributed by atoms with Crippen LogP contribution in [0.5, 0.6) is 0 Å². The molecule has 1 fully saturated rings. The molecule has 0 amide bonds. The van der Waals surface area contributed by atoms with Gasteiger partial charge in [0.2, 0.25) is 0 Å². The number of hydrogen-bond donors (Lipinski definition) is 0. The molecule has 0 heterocycles. The lowest BCUT2D eigenvalue weighted by Gasteiger charge is -2.33. The summed E-state index contributed by atoms with van der Waals surface area (Å²) in [5.41, 5.74) is 1.39. The molecule has 3 heteroatoms. The minimum atomic E-state index is -0.232. The maximum atomic E-state index is 11.8. The van der Waals surface area contributed by atoms with Gasteiger partial charge in [-0.1, -0.05) is 57.2 Å². The van der Waals surface area contributed by atoms with Crippen LogP contribution in [0, 0.1) is 23.2 Å². The second kappa shape index (κ2) is 9.91. The van der Waals surface area contributed by atoms with Crippen molar-refractivity contribution in [3.05, 3.63) is 48.0 Å². The molecule has 0 saturated heterocycles. The third kappa shape index (κ3) is 5.70. The van der Waals surface area contributed by atoms with E-state index in [4.69, 9.17) is 9.47 Å². The molecular weight excluding hydrogens is 324 g/mol. The fraction of sp³-hybridized carbons (Fsp3) is 0.609. The lowest BCUT2D eigenvalue weighted by atomic mass is 9.72. The van der Waals surface area contributed by atoms with Crippen LogP contribution in [0.2, 0.25) is 0 Å². The summed E-state index contributed by atoms with van der Waals surface area (Å²) in [6.45, 7) is 10.6. The van der Waals surface area contributed by atoms with Crippen molar-refractivity contribution in [2.75, 3.05) is 13.2 Å². The predicted octanol–water partition coefficient (Wildman–Crippen LogP) is 5.40. The van der Waals surface area contributed by atoms with E-state index < -0.39 is 0 Å². The van der Waals surface area contributed by atoms with E-state index in [0.29, 0.717) is 31.0 Å². The zero-order valence-corrected chi connectivity index (χ0v) is 16.7. The molecule has 1 saturated carbocycles. The molecule has 144 valence electrons. The molecule has 2 rings (SSSR count). The number of carbonyl (C=O) groups is 1. The van der Waals surface area contributed by atoms with Crippen LogP contribution in [0.4, 0.5) is 0 Å². The highest BCUT2D eigenvalue weighted by Gasteiger charge is 2.44. The van der Waals surface area contributed by atoms with Gasteiger partial charge >= 0.3 is 5.97 Å². The van der Waals surface area contributed by atoms with Crippen molar-refractivity contribution < 1.29 is 14.3 Å². The molecule has 1 aromatic carbocycles. The first kappa shape index (κ1) is 20.7. The Morgan fingerprint density at radius 3 is 2.69 bits per heavy atom. The number of rotatable bonds is 9. The zero-order chi connectivity index (χ0) is 19.0. The smallest absolute Gasteiger partial charge is 0.330 e. The van der Waals surface area contributed by atoms with Crippen molar-refractivity contribution in [1.82, 2.24) is 0 Å². The minimum absolute atomic E-state index is 0.175. The molecule has 0 bridgehead atoms. The summed E-state index contributed by atoms with van der Waals surface area (Å²) in [6.07, 6.45) is 7.15. The van der Waals surface area contributed by atoms with Crippen LogP contribution in [-0.4, -0.2) is 19.2 Å². The highest BCUT2D eigenvalue weighted by molar-refractivity contribution is 5.81. The fourth-order valence-corrected chi connectivity index (χ4v) is 4.22. The molecule has 3 nitrogen and oxygen atoms in total. The van der Waals surface area contributed by atoms with Crippen molar-refractivity contribution in [2.24, 2.45) is 23.2 Å². The third-order valence-corrected chi connectivity index (χ3v) is 5.83. The van der Waals surface area contributed by atoms with Crippen molar-refractivity contribution in [3.8, 4) is 0 Å². The Morgan fingerprint density at radius 2 is 2.04 bits per heavy atom. The Bertz CT molecular complexity index is 578. The standard InChI is InChI=1S/C23H34O3/c1-5-26-22(24)12-11-21-20(18(2)3)13-14-23(21,4)15-16-25-17-19-9-7-6-8-10-19/h6-12,18,20-21H,5,13-17H2,1-4H3/b12-11+/t20-,21+,23-/m0/s1. The Kier molecular flexibility index (Phi) is 7.89. The molecule has 0 N–H and O–H groups in total. The van der Waals surface area contributed by atoms with Gasteiger partial charge in [-0.2, -0.15) is 0 Å². The Morgan fingerprint density at radius 1 is 1.31 bits per heavy atom. The monoisotopic (exact) mass is 358 g/mol. The van der Waals surface area contributed by atoms with E-state index in [0.717, 1.165) is 13.0 Å². The number of carbonyl (C=O) groups excluding carboxylic acids is 1. The van der Waals surface area contributed by atoms with Gasteiger partial charge < -0.3 is 9.47 Å². The molecule has 26 heavy (non-hydrogen) atoms. The van der Waals surface area contributed by atoms with Crippen LogP contribution in [-0.2, 0) is 20.9 Å². The van der Waals surface area contributed by atoms with E-state index in [2.05, 4.69) is 39.0 Å². The maximum absolute atomic E-state index is 11.8. The average Bonchev–Trinajstić information content (AvgIpc) is 2.95. The average molecular weight is 359 g/mol. The summed E-state index contributed by atoms with van der Waals surface area (Å²) in [6, 6.07) is 10.3. The van der Waals surface area contributed by atoms with E-state index >= 15 is 0 Å². The van der Waals surface area contributed by atoms with Crippen molar-refractivity contribution in [1.29, 1.82) is 0 Å². The number of allylic oxidation sites excluding steroid dienone is 1. The molecule has 0 unspecified atom stereocenters. The maximum Gasteiger partial charge on any atom is 0.330 e. The Balaban J connectivity index is 1.95. The van der Waals surface area contributed by atoms with E-state index in [-0.39, 0.29) is 11.4 Å². The van der Waals surface area contributed by atoms with Gasteiger partial charge in [0.05, 0.1) is 13.2 Å². The summed E-state index contributed by atoms with van der Waals surface area (Å²) in [4.78, 5) is 11.8. The second-order valence-corrected chi connectivity index (χ2v) is 8.03. The van der Waals surface area contributed by atoms with Gasteiger partial charge in [-0.15, -0.1) is 0 Å². The molecular formula is C23H34O3. The molecule has 1 aromatic rings.